The number of ether oxygens (including phenoxy) is 1. The van der Waals surface area contributed by atoms with E-state index in [0.29, 0.717) is 0 Å². The SMILES string of the molecule is O=S=Nc1c(F)c(F)c(Oc2c(F)c(F)c(C(F)(F)F)c(F)c2F)c(F)c1F. The first-order valence-electron chi connectivity index (χ1n) is 6.31. The van der Waals surface area contributed by atoms with Gasteiger partial charge in [-0.1, -0.05) is 0 Å². The minimum absolute atomic E-state index is 0.882. The average Bonchev–Trinajstić information content (AvgIpc) is 2.60. The van der Waals surface area contributed by atoms with Crippen molar-refractivity contribution in [2.75, 3.05) is 0 Å². The predicted molar refractivity (Wildman–Crippen MR) is 67.9 cm³/mol. The fourth-order valence-corrected chi connectivity index (χ4v) is 2.09. The lowest BCUT2D eigenvalue weighted by molar-refractivity contribution is -0.143. The van der Waals surface area contributed by atoms with Gasteiger partial charge in [0.15, 0.2) is 29.0 Å². The van der Waals surface area contributed by atoms with Crippen LogP contribution in [0.1, 0.15) is 5.56 Å². The quantitative estimate of drug-likeness (QED) is 0.455. The molecule has 0 atom stereocenters. The fourth-order valence-electron chi connectivity index (χ4n) is 1.86. The van der Waals surface area contributed by atoms with Gasteiger partial charge in [0.2, 0.25) is 46.2 Å². The summed E-state index contributed by atoms with van der Waals surface area (Å²) in [6.45, 7) is 0. The van der Waals surface area contributed by atoms with E-state index in [4.69, 9.17) is 0 Å². The van der Waals surface area contributed by atoms with Crippen LogP contribution in [0, 0.1) is 46.5 Å². The molecular weight excluding hydrogens is 443 g/mol. The average molecular weight is 443 g/mol. The summed E-state index contributed by atoms with van der Waals surface area (Å²) in [6.07, 6.45) is -5.91. The molecule has 0 N–H and O–H groups in total. The first-order valence-corrected chi connectivity index (χ1v) is 7.01. The van der Waals surface area contributed by atoms with E-state index in [2.05, 4.69) is 9.10 Å². The van der Waals surface area contributed by atoms with E-state index in [9.17, 15) is 52.5 Å². The van der Waals surface area contributed by atoms with Crippen LogP contribution in [0.4, 0.5) is 54.0 Å². The number of halogens is 11. The van der Waals surface area contributed by atoms with Gasteiger partial charge in [0, 0.05) is 0 Å². The number of alkyl halides is 3. The first-order chi connectivity index (χ1) is 12.8. The van der Waals surface area contributed by atoms with Crippen LogP contribution in [-0.2, 0) is 17.6 Å². The van der Waals surface area contributed by atoms with Gasteiger partial charge in [-0.05, 0) is 0 Å². The van der Waals surface area contributed by atoms with Crippen molar-refractivity contribution in [3.8, 4) is 11.5 Å². The molecule has 2 aromatic rings. The zero-order valence-corrected chi connectivity index (χ0v) is 13.1. The van der Waals surface area contributed by atoms with Gasteiger partial charge < -0.3 is 4.74 Å². The van der Waals surface area contributed by atoms with E-state index in [1.54, 1.807) is 0 Å². The topological polar surface area (TPSA) is 38.7 Å². The molecule has 0 amide bonds. The van der Waals surface area contributed by atoms with Gasteiger partial charge in [0.1, 0.15) is 5.56 Å². The smallest absolute Gasteiger partial charge is 0.422 e. The summed E-state index contributed by atoms with van der Waals surface area (Å²) in [5.74, 6) is -26.5. The molecular formula is C13F11NO2S. The van der Waals surface area contributed by atoms with Crippen LogP contribution in [0.3, 0.4) is 0 Å². The van der Waals surface area contributed by atoms with Gasteiger partial charge in [-0.3, -0.25) is 0 Å². The Morgan fingerprint density at radius 1 is 0.643 bits per heavy atom. The van der Waals surface area contributed by atoms with Crippen LogP contribution < -0.4 is 4.74 Å². The van der Waals surface area contributed by atoms with Crippen molar-refractivity contribution in [2.45, 2.75) is 6.18 Å². The van der Waals surface area contributed by atoms with E-state index in [-0.39, 0.29) is 0 Å². The molecule has 0 aromatic heterocycles. The largest absolute Gasteiger partial charge is 0.444 e. The summed E-state index contributed by atoms with van der Waals surface area (Å²) in [7, 11) is 0. The van der Waals surface area contributed by atoms with Crippen LogP contribution in [0.2, 0.25) is 0 Å². The maximum Gasteiger partial charge on any atom is 0.422 e. The van der Waals surface area contributed by atoms with Crippen LogP contribution in [-0.4, -0.2) is 4.21 Å². The minimum Gasteiger partial charge on any atom is -0.444 e. The van der Waals surface area contributed by atoms with Gasteiger partial charge in [0.05, 0.1) is 0 Å². The lowest BCUT2D eigenvalue weighted by Gasteiger charge is -2.15. The molecule has 0 radical (unpaired) electrons. The zero-order chi connectivity index (χ0) is 21.5. The zero-order valence-electron chi connectivity index (χ0n) is 12.3. The van der Waals surface area contributed by atoms with Crippen molar-refractivity contribution in [2.24, 2.45) is 4.36 Å². The minimum atomic E-state index is -5.91. The Labute approximate surface area is 149 Å². The van der Waals surface area contributed by atoms with E-state index in [1.165, 1.54) is 0 Å². The van der Waals surface area contributed by atoms with Gasteiger partial charge in [-0.25, -0.2) is 17.6 Å². The van der Waals surface area contributed by atoms with Crippen LogP contribution in [0.15, 0.2) is 4.36 Å². The Kier molecular flexibility index (Phi) is 5.68. The first kappa shape index (κ1) is 21.6. The fraction of sp³-hybridized carbons (Fsp3) is 0.0769. The standard InChI is InChI=1S/C13F11NO2S/c14-2-1(13(22,23)24)3(15)7(19)11(6(2)18)27-12-8(20)4(16)10(25-28-26)5(17)9(12)21. The van der Waals surface area contributed by atoms with Crippen LogP contribution >= 0.6 is 0 Å². The summed E-state index contributed by atoms with van der Waals surface area (Å²) in [6, 6.07) is 0. The lowest BCUT2D eigenvalue weighted by atomic mass is 10.1. The highest BCUT2D eigenvalue weighted by molar-refractivity contribution is 7.54. The second kappa shape index (κ2) is 7.37. The third-order valence-electron chi connectivity index (χ3n) is 3.04. The van der Waals surface area contributed by atoms with Crippen molar-refractivity contribution in [3.05, 3.63) is 52.1 Å². The van der Waals surface area contributed by atoms with E-state index < -0.39 is 86.9 Å². The van der Waals surface area contributed by atoms with Crippen LogP contribution in [0.5, 0.6) is 11.5 Å². The highest BCUT2D eigenvalue weighted by Crippen LogP contribution is 2.42. The summed E-state index contributed by atoms with van der Waals surface area (Å²) in [5, 5.41) is 0. The number of hydrogen-bond acceptors (Lipinski definition) is 3. The molecule has 152 valence electrons. The van der Waals surface area contributed by atoms with Gasteiger partial charge >= 0.3 is 6.18 Å². The maximum atomic E-state index is 13.8. The molecule has 3 nitrogen and oxygen atoms in total. The molecule has 0 aliphatic heterocycles. The Morgan fingerprint density at radius 2 is 1.00 bits per heavy atom. The highest BCUT2D eigenvalue weighted by Gasteiger charge is 2.43. The molecule has 2 aromatic carbocycles. The normalized spacial score (nSPS) is 11.5. The number of rotatable bonds is 3. The Hall–Kier alpha value is -2.71. The lowest BCUT2D eigenvalue weighted by Crippen LogP contribution is -2.16. The van der Waals surface area contributed by atoms with Crippen molar-refractivity contribution in [1.29, 1.82) is 0 Å². The molecule has 0 spiro atoms. The highest BCUT2D eigenvalue weighted by atomic mass is 32.1. The monoisotopic (exact) mass is 443 g/mol. The molecule has 2 rings (SSSR count). The van der Waals surface area contributed by atoms with Crippen molar-refractivity contribution >= 4 is 17.2 Å². The van der Waals surface area contributed by atoms with E-state index >= 15 is 0 Å². The van der Waals surface area contributed by atoms with Gasteiger partial charge in [-0.15, -0.1) is 4.36 Å². The molecule has 0 unspecified atom stereocenters. The number of hydrogen-bond donors (Lipinski definition) is 0. The van der Waals surface area contributed by atoms with Gasteiger partial charge in [0.25, 0.3) is 0 Å². The van der Waals surface area contributed by atoms with Crippen molar-refractivity contribution < 1.29 is 57.2 Å². The van der Waals surface area contributed by atoms with E-state index in [0.717, 1.165) is 0 Å². The molecule has 0 heterocycles. The van der Waals surface area contributed by atoms with Crippen molar-refractivity contribution in [1.82, 2.24) is 0 Å². The second-order valence-electron chi connectivity index (χ2n) is 4.66. The van der Waals surface area contributed by atoms with Crippen molar-refractivity contribution in [3.63, 3.8) is 0 Å². The summed E-state index contributed by atoms with van der Waals surface area (Å²) in [5.41, 5.74) is -4.82. The van der Waals surface area contributed by atoms with Crippen LogP contribution in [0.25, 0.3) is 0 Å². The molecule has 28 heavy (non-hydrogen) atoms. The predicted octanol–water partition coefficient (Wildman–Crippen LogP) is 5.64. The number of benzene rings is 2. The molecule has 0 saturated heterocycles. The summed E-state index contributed by atoms with van der Waals surface area (Å²) >= 11 is -0.882. The molecule has 0 fully saturated rings. The Morgan fingerprint density at radius 3 is 1.32 bits per heavy atom. The molecule has 0 saturated carbocycles. The third kappa shape index (κ3) is 3.41. The van der Waals surface area contributed by atoms with E-state index in [1.807, 2.05) is 0 Å². The molecule has 0 aliphatic rings. The molecule has 0 aliphatic carbocycles. The Balaban J connectivity index is 2.77. The second-order valence-corrected chi connectivity index (χ2v) is 4.99. The Bertz CT molecular complexity index is 973. The van der Waals surface area contributed by atoms with Gasteiger partial charge in [-0.2, -0.15) is 34.9 Å². The molecule has 15 heteroatoms. The number of nitrogens with zero attached hydrogens (tertiary/aromatic N) is 1. The third-order valence-corrected chi connectivity index (χ3v) is 3.30. The summed E-state index contributed by atoms with van der Waals surface area (Å²) in [4.78, 5) is 0. The summed E-state index contributed by atoms with van der Waals surface area (Å²) < 4.78 is 163. The molecule has 0 bridgehead atoms. The maximum absolute atomic E-state index is 13.8.